The summed E-state index contributed by atoms with van der Waals surface area (Å²) in [6.45, 7) is 4.59. The van der Waals surface area contributed by atoms with Crippen LogP contribution in [0, 0.1) is 0 Å². The van der Waals surface area contributed by atoms with E-state index in [0.717, 1.165) is 0 Å². The van der Waals surface area contributed by atoms with Crippen molar-refractivity contribution < 1.29 is 8.85 Å². The van der Waals surface area contributed by atoms with E-state index in [9.17, 15) is 0 Å². The second-order valence-corrected chi connectivity index (χ2v) is 14.2. The van der Waals surface area contributed by atoms with Crippen molar-refractivity contribution in [3.63, 3.8) is 0 Å². The fourth-order valence-electron chi connectivity index (χ4n) is 5.09. The fourth-order valence-corrected chi connectivity index (χ4v) is 7.90. The SMILES string of the molecule is CCCCCCCCCCCCCCCCC[Si](CCCCCCCCCCC)(OC)OC. The van der Waals surface area contributed by atoms with Gasteiger partial charge < -0.3 is 8.85 Å². The molecule has 3 heteroatoms. The van der Waals surface area contributed by atoms with Crippen LogP contribution in [-0.4, -0.2) is 22.8 Å². The summed E-state index contributed by atoms with van der Waals surface area (Å²) >= 11 is 0. The van der Waals surface area contributed by atoms with Gasteiger partial charge >= 0.3 is 8.56 Å². The van der Waals surface area contributed by atoms with Gasteiger partial charge in [-0.2, -0.15) is 0 Å². The van der Waals surface area contributed by atoms with Gasteiger partial charge in [0.25, 0.3) is 0 Å². The van der Waals surface area contributed by atoms with Crippen molar-refractivity contribution in [2.24, 2.45) is 0 Å². The van der Waals surface area contributed by atoms with Gasteiger partial charge in [0.05, 0.1) is 0 Å². The van der Waals surface area contributed by atoms with Crippen LogP contribution in [0.25, 0.3) is 0 Å². The Morgan fingerprint density at radius 1 is 0.333 bits per heavy atom. The summed E-state index contributed by atoms with van der Waals surface area (Å²) in [5, 5.41) is 0. The second-order valence-electron chi connectivity index (χ2n) is 10.6. The van der Waals surface area contributed by atoms with Gasteiger partial charge in [-0.15, -0.1) is 0 Å². The zero-order chi connectivity index (χ0) is 24.3. The topological polar surface area (TPSA) is 18.5 Å². The smallest absolute Gasteiger partial charge is 0.337 e. The predicted octanol–water partition coefficient (Wildman–Crippen LogP) is 11.1. The van der Waals surface area contributed by atoms with Gasteiger partial charge in [-0.25, -0.2) is 0 Å². The molecule has 0 heterocycles. The summed E-state index contributed by atoms with van der Waals surface area (Å²) < 4.78 is 12.0. The number of hydrogen-bond donors (Lipinski definition) is 0. The Balaban J connectivity index is 3.54. The molecule has 200 valence electrons. The Hall–Kier alpha value is 0.137. The first-order valence-corrected chi connectivity index (χ1v) is 17.6. The van der Waals surface area contributed by atoms with E-state index in [4.69, 9.17) is 8.85 Å². The molecule has 33 heavy (non-hydrogen) atoms. The zero-order valence-corrected chi connectivity index (χ0v) is 24.7. The lowest BCUT2D eigenvalue weighted by molar-refractivity contribution is 0.238. The monoisotopic (exact) mass is 484 g/mol. The van der Waals surface area contributed by atoms with Crippen LogP contribution in [0.5, 0.6) is 0 Å². The van der Waals surface area contributed by atoms with Crippen molar-refractivity contribution in [1.29, 1.82) is 0 Å². The molecule has 0 fully saturated rings. The zero-order valence-electron chi connectivity index (χ0n) is 23.7. The van der Waals surface area contributed by atoms with Crippen LogP contribution >= 0.6 is 0 Å². The molecular formula is C30H64O2Si. The summed E-state index contributed by atoms with van der Waals surface area (Å²) in [6.07, 6.45) is 33.9. The first-order valence-electron chi connectivity index (χ1n) is 15.3. The molecule has 0 amide bonds. The van der Waals surface area contributed by atoms with Crippen LogP contribution in [-0.2, 0) is 8.85 Å². The van der Waals surface area contributed by atoms with Gasteiger partial charge in [-0.3, -0.25) is 0 Å². The first-order chi connectivity index (χ1) is 16.2. The quantitative estimate of drug-likeness (QED) is 0.0811. The van der Waals surface area contributed by atoms with Crippen molar-refractivity contribution in [2.45, 2.75) is 180 Å². The van der Waals surface area contributed by atoms with E-state index in [0.29, 0.717) is 0 Å². The molecule has 0 atom stereocenters. The summed E-state index contributed by atoms with van der Waals surface area (Å²) in [5.41, 5.74) is 0. The minimum Gasteiger partial charge on any atom is -0.398 e. The van der Waals surface area contributed by atoms with Crippen molar-refractivity contribution in [3.05, 3.63) is 0 Å². The normalized spacial score (nSPS) is 12.0. The van der Waals surface area contributed by atoms with E-state index >= 15 is 0 Å². The molecule has 0 aromatic carbocycles. The van der Waals surface area contributed by atoms with E-state index in [2.05, 4.69) is 13.8 Å². The maximum atomic E-state index is 5.99. The number of unbranched alkanes of at least 4 members (excludes halogenated alkanes) is 22. The Bertz CT molecular complexity index is 357. The molecule has 0 saturated carbocycles. The van der Waals surface area contributed by atoms with Crippen LogP contribution in [0.3, 0.4) is 0 Å². The first kappa shape index (κ1) is 33.1. The van der Waals surface area contributed by atoms with E-state index in [1.165, 1.54) is 166 Å². The Morgan fingerprint density at radius 2 is 0.545 bits per heavy atom. The van der Waals surface area contributed by atoms with Crippen LogP contribution in [0.1, 0.15) is 168 Å². The molecule has 0 aliphatic heterocycles. The van der Waals surface area contributed by atoms with Crippen LogP contribution in [0.15, 0.2) is 0 Å². The average molecular weight is 485 g/mol. The molecule has 0 radical (unpaired) electrons. The summed E-state index contributed by atoms with van der Waals surface area (Å²) in [7, 11) is 1.86. The predicted molar refractivity (Wildman–Crippen MR) is 152 cm³/mol. The molecule has 0 aliphatic carbocycles. The molecule has 0 rings (SSSR count). The highest BCUT2D eigenvalue weighted by Gasteiger charge is 2.33. The highest BCUT2D eigenvalue weighted by atomic mass is 28.4. The van der Waals surface area contributed by atoms with Gasteiger partial charge in [0, 0.05) is 14.2 Å². The largest absolute Gasteiger partial charge is 0.398 e. The number of rotatable bonds is 28. The molecule has 0 spiro atoms. The lowest BCUT2D eigenvalue weighted by Gasteiger charge is -2.27. The molecule has 0 aromatic heterocycles. The Labute approximate surface area is 211 Å². The molecule has 0 aromatic rings. The number of hydrogen-bond acceptors (Lipinski definition) is 2. The van der Waals surface area contributed by atoms with Crippen molar-refractivity contribution in [1.82, 2.24) is 0 Å². The maximum Gasteiger partial charge on any atom is 0.337 e. The third-order valence-electron chi connectivity index (χ3n) is 7.57. The van der Waals surface area contributed by atoms with Crippen molar-refractivity contribution in [3.8, 4) is 0 Å². The maximum absolute atomic E-state index is 5.99. The lowest BCUT2D eigenvalue weighted by Crippen LogP contribution is -2.39. The molecule has 0 saturated heterocycles. The van der Waals surface area contributed by atoms with Crippen LogP contribution in [0.4, 0.5) is 0 Å². The van der Waals surface area contributed by atoms with Gasteiger partial charge in [0.2, 0.25) is 0 Å². The molecule has 0 aliphatic rings. The van der Waals surface area contributed by atoms with E-state index in [1.807, 2.05) is 14.2 Å². The highest BCUT2D eigenvalue weighted by molar-refractivity contribution is 6.67. The van der Waals surface area contributed by atoms with E-state index in [1.54, 1.807) is 0 Å². The Kier molecular flexibility index (Phi) is 26.8. The Morgan fingerprint density at radius 3 is 0.758 bits per heavy atom. The average Bonchev–Trinajstić information content (AvgIpc) is 2.84. The van der Waals surface area contributed by atoms with Crippen LogP contribution < -0.4 is 0 Å². The molecule has 0 bridgehead atoms. The minimum absolute atomic E-state index is 1.19. The standard InChI is InChI=1S/C30H64O2Si/c1-5-7-9-11-13-15-16-17-18-19-20-22-24-26-28-30-33(31-3,32-4)29-27-25-23-21-14-12-10-8-6-2/h5-30H2,1-4H3. The van der Waals surface area contributed by atoms with E-state index < -0.39 is 8.56 Å². The van der Waals surface area contributed by atoms with Gasteiger partial charge in [0.15, 0.2) is 0 Å². The third-order valence-corrected chi connectivity index (χ3v) is 11.3. The summed E-state index contributed by atoms with van der Waals surface area (Å²) in [6, 6.07) is 2.38. The molecule has 0 N–H and O–H groups in total. The van der Waals surface area contributed by atoms with E-state index in [-0.39, 0.29) is 0 Å². The minimum atomic E-state index is -1.93. The fraction of sp³-hybridized carbons (Fsp3) is 1.00. The van der Waals surface area contributed by atoms with Gasteiger partial charge in [-0.05, 0) is 12.1 Å². The van der Waals surface area contributed by atoms with Gasteiger partial charge in [-0.1, -0.05) is 168 Å². The molecule has 2 nitrogen and oxygen atoms in total. The summed E-state index contributed by atoms with van der Waals surface area (Å²) in [5.74, 6) is 0. The molecule has 0 unspecified atom stereocenters. The van der Waals surface area contributed by atoms with Crippen molar-refractivity contribution in [2.75, 3.05) is 14.2 Å². The second kappa shape index (κ2) is 26.7. The highest BCUT2D eigenvalue weighted by Crippen LogP contribution is 2.25. The molecular weight excluding hydrogens is 420 g/mol. The van der Waals surface area contributed by atoms with Crippen molar-refractivity contribution >= 4 is 8.56 Å². The van der Waals surface area contributed by atoms with Gasteiger partial charge in [0.1, 0.15) is 0 Å². The third kappa shape index (κ3) is 22.4. The van der Waals surface area contributed by atoms with Crippen LogP contribution in [0.2, 0.25) is 12.1 Å². The lowest BCUT2D eigenvalue weighted by atomic mass is 10.0. The summed E-state index contributed by atoms with van der Waals surface area (Å²) in [4.78, 5) is 0.